The van der Waals surface area contributed by atoms with Gasteiger partial charge in [-0.25, -0.2) is 9.78 Å². The maximum absolute atomic E-state index is 12.9. The molecule has 10 heteroatoms. The number of carbonyl (C=O) groups is 1. The summed E-state index contributed by atoms with van der Waals surface area (Å²) >= 11 is 0. The first kappa shape index (κ1) is 22.4. The molecule has 0 aliphatic carbocycles. The predicted molar refractivity (Wildman–Crippen MR) is 108 cm³/mol. The van der Waals surface area contributed by atoms with Gasteiger partial charge in [-0.1, -0.05) is 0 Å². The van der Waals surface area contributed by atoms with Crippen LogP contribution in [0.3, 0.4) is 0 Å². The molecule has 1 aromatic carbocycles. The molecule has 0 radical (unpaired) electrons. The van der Waals surface area contributed by atoms with E-state index in [1.54, 1.807) is 45.0 Å². The highest BCUT2D eigenvalue weighted by Crippen LogP contribution is 2.29. The quantitative estimate of drug-likeness (QED) is 0.515. The third-order valence-electron chi connectivity index (χ3n) is 3.87. The van der Waals surface area contributed by atoms with E-state index in [1.165, 1.54) is 25.2 Å². The number of rotatable bonds is 6. The third-order valence-corrected chi connectivity index (χ3v) is 3.87. The molecule has 0 aliphatic heterocycles. The monoisotopic (exact) mass is 414 g/mol. The van der Waals surface area contributed by atoms with Crippen LogP contribution in [-0.4, -0.2) is 35.8 Å². The van der Waals surface area contributed by atoms with E-state index < -0.39 is 28.0 Å². The number of aromatic nitrogens is 1. The predicted octanol–water partition coefficient (Wildman–Crippen LogP) is 3.82. The van der Waals surface area contributed by atoms with E-state index in [-0.39, 0.29) is 12.4 Å². The molecule has 30 heavy (non-hydrogen) atoms. The molecule has 0 saturated carbocycles. The molecule has 1 aromatic heterocycles. The summed E-state index contributed by atoms with van der Waals surface area (Å²) in [6, 6.07) is 9.18. The second-order valence-electron chi connectivity index (χ2n) is 7.15. The van der Waals surface area contributed by atoms with Gasteiger partial charge in [0.1, 0.15) is 29.0 Å². The van der Waals surface area contributed by atoms with Gasteiger partial charge in [0.2, 0.25) is 5.69 Å². The van der Waals surface area contributed by atoms with Crippen LogP contribution < -0.4 is 14.4 Å². The topological polar surface area (TPSA) is 128 Å². The first-order valence-corrected chi connectivity index (χ1v) is 8.86. The standard InChI is InChI=1S/C20H22N4O6/c1-20(2,3)30-19(25)23(12-13-6-7-14(28-4)10-17(13)29-5)18-9-8-16(24(26)27)15(11-21)22-18/h6-10H,12H2,1-5H3. The Bertz CT molecular complexity index is 994. The summed E-state index contributed by atoms with van der Waals surface area (Å²) in [5.41, 5.74) is -1.04. The normalized spacial score (nSPS) is 10.7. The minimum atomic E-state index is -0.793. The molecule has 10 nitrogen and oxygen atoms in total. The molecule has 0 unspecified atom stereocenters. The zero-order chi connectivity index (χ0) is 22.5. The Balaban J connectivity index is 2.53. The van der Waals surface area contributed by atoms with Gasteiger partial charge in [0, 0.05) is 17.7 Å². The molecule has 0 fully saturated rings. The minimum Gasteiger partial charge on any atom is -0.497 e. The fourth-order valence-electron chi connectivity index (χ4n) is 2.53. The first-order valence-electron chi connectivity index (χ1n) is 8.86. The van der Waals surface area contributed by atoms with Crippen molar-refractivity contribution in [3.05, 3.63) is 51.7 Å². The van der Waals surface area contributed by atoms with E-state index >= 15 is 0 Å². The maximum Gasteiger partial charge on any atom is 0.416 e. The highest BCUT2D eigenvalue weighted by atomic mass is 16.6. The van der Waals surface area contributed by atoms with Crippen LogP contribution in [0.5, 0.6) is 11.5 Å². The second-order valence-corrected chi connectivity index (χ2v) is 7.15. The van der Waals surface area contributed by atoms with Crippen LogP contribution >= 0.6 is 0 Å². The maximum atomic E-state index is 12.9. The van der Waals surface area contributed by atoms with Crippen LogP contribution in [-0.2, 0) is 11.3 Å². The Morgan fingerprint density at radius 1 is 1.23 bits per heavy atom. The van der Waals surface area contributed by atoms with E-state index in [2.05, 4.69) is 4.98 Å². The van der Waals surface area contributed by atoms with Gasteiger partial charge < -0.3 is 14.2 Å². The highest BCUT2D eigenvalue weighted by molar-refractivity contribution is 5.87. The van der Waals surface area contributed by atoms with Crippen molar-refractivity contribution in [1.29, 1.82) is 5.26 Å². The number of nitrogens with zero attached hydrogens (tertiary/aromatic N) is 4. The number of methoxy groups -OCH3 is 2. The fourth-order valence-corrected chi connectivity index (χ4v) is 2.53. The molecule has 1 heterocycles. The van der Waals surface area contributed by atoms with E-state index in [0.717, 1.165) is 6.07 Å². The molecule has 0 N–H and O–H groups in total. The van der Waals surface area contributed by atoms with Crippen LogP contribution in [0.4, 0.5) is 16.3 Å². The van der Waals surface area contributed by atoms with Gasteiger partial charge in [0.05, 0.1) is 25.7 Å². The van der Waals surface area contributed by atoms with Crippen molar-refractivity contribution in [2.45, 2.75) is 32.9 Å². The van der Waals surface area contributed by atoms with Crippen LogP contribution in [0.15, 0.2) is 30.3 Å². The average molecular weight is 414 g/mol. The summed E-state index contributed by atoms with van der Waals surface area (Å²) in [4.78, 5) is 28.5. The molecule has 2 aromatic rings. The molecule has 0 aliphatic rings. The molecule has 1 amide bonds. The largest absolute Gasteiger partial charge is 0.497 e. The van der Waals surface area contributed by atoms with E-state index in [9.17, 15) is 20.2 Å². The number of nitro groups is 1. The van der Waals surface area contributed by atoms with E-state index in [4.69, 9.17) is 14.2 Å². The first-order chi connectivity index (χ1) is 14.1. The van der Waals surface area contributed by atoms with Gasteiger partial charge in [0.25, 0.3) is 0 Å². The van der Waals surface area contributed by atoms with Crippen LogP contribution in [0.25, 0.3) is 0 Å². The number of anilines is 1. The summed E-state index contributed by atoms with van der Waals surface area (Å²) in [5, 5.41) is 20.3. The molecule has 2 rings (SSSR count). The number of pyridine rings is 1. The lowest BCUT2D eigenvalue weighted by molar-refractivity contribution is -0.385. The molecule has 0 bridgehead atoms. The number of hydrogen-bond acceptors (Lipinski definition) is 8. The van der Waals surface area contributed by atoms with Crippen LogP contribution in [0.1, 0.15) is 32.0 Å². The Morgan fingerprint density at radius 2 is 1.93 bits per heavy atom. The number of carbonyl (C=O) groups excluding carboxylic acids is 1. The average Bonchev–Trinajstić information content (AvgIpc) is 2.69. The van der Waals surface area contributed by atoms with Crippen molar-refractivity contribution in [2.75, 3.05) is 19.1 Å². The zero-order valence-corrected chi connectivity index (χ0v) is 17.3. The molecule has 0 spiro atoms. The van der Waals surface area contributed by atoms with Crippen LogP contribution in [0, 0.1) is 21.4 Å². The smallest absolute Gasteiger partial charge is 0.416 e. The van der Waals surface area contributed by atoms with Gasteiger partial charge in [0.15, 0.2) is 0 Å². The molecule has 0 saturated heterocycles. The van der Waals surface area contributed by atoms with Crippen molar-refractivity contribution in [1.82, 2.24) is 4.98 Å². The summed E-state index contributed by atoms with van der Waals surface area (Å²) in [5.74, 6) is 1.06. The van der Waals surface area contributed by atoms with Crippen molar-refractivity contribution >= 4 is 17.6 Å². The lowest BCUT2D eigenvalue weighted by Crippen LogP contribution is -2.37. The Hall–Kier alpha value is -3.87. The Morgan fingerprint density at radius 3 is 2.47 bits per heavy atom. The number of benzene rings is 1. The lowest BCUT2D eigenvalue weighted by Gasteiger charge is -2.27. The minimum absolute atomic E-state index is 0.0161. The summed E-state index contributed by atoms with van der Waals surface area (Å²) in [6.07, 6.45) is -0.731. The van der Waals surface area contributed by atoms with E-state index in [1.807, 2.05) is 0 Å². The third kappa shape index (κ3) is 5.35. The molecule has 158 valence electrons. The lowest BCUT2D eigenvalue weighted by atomic mass is 10.1. The number of hydrogen-bond donors (Lipinski definition) is 0. The van der Waals surface area contributed by atoms with Crippen molar-refractivity contribution in [3.63, 3.8) is 0 Å². The number of ether oxygens (including phenoxy) is 3. The highest BCUT2D eigenvalue weighted by Gasteiger charge is 2.27. The number of amides is 1. The molecule has 0 atom stereocenters. The van der Waals surface area contributed by atoms with Gasteiger partial charge in [-0.15, -0.1) is 0 Å². The van der Waals surface area contributed by atoms with Gasteiger partial charge in [-0.05, 0) is 39.0 Å². The van der Waals surface area contributed by atoms with Gasteiger partial charge in [-0.3, -0.25) is 15.0 Å². The number of nitriles is 1. The summed E-state index contributed by atoms with van der Waals surface area (Å²) < 4.78 is 16.0. The summed E-state index contributed by atoms with van der Waals surface area (Å²) in [7, 11) is 3.00. The molecular formula is C20H22N4O6. The van der Waals surface area contributed by atoms with E-state index in [0.29, 0.717) is 17.1 Å². The van der Waals surface area contributed by atoms with Crippen molar-refractivity contribution in [2.24, 2.45) is 0 Å². The summed E-state index contributed by atoms with van der Waals surface area (Å²) in [6.45, 7) is 5.11. The van der Waals surface area contributed by atoms with Gasteiger partial charge in [-0.2, -0.15) is 5.26 Å². The molecular weight excluding hydrogens is 392 g/mol. The fraction of sp³-hybridized carbons (Fsp3) is 0.350. The van der Waals surface area contributed by atoms with Crippen LogP contribution in [0.2, 0.25) is 0 Å². The van der Waals surface area contributed by atoms with Crippen molar-refractivity contribution in [3.8, 4) is 17.6 Å². The Labute approximate surface area is 173 Å². The zero-order valence-electron chi connectivity index (χ0n) is 17.3. The SMILES string of the molecule is COc1ccc(CN(C(=O)OC(C)(C)C)c2ccc([N+](=O)[O-])c(C#N)n2)c(OC)c1. The Kier molecular flexibility index (Phi) is 6.79. The van der Waals surface area contributed by atoms with Crippen molar-refractivity contribution < 1.29 is 23.9 Å². The second kappa shape index (κ2) is 9.09. The van der Waals surface area contributed by atoms with Gasteiger partial charge >= 0.3 is 11.8 Å².